The van der Waals surface area contributed by atoms with Gasteiger partial charge in [-0.05, 0) is 142 Å². The average molecular weight is 1410 g/mol. The summed E-state index contributed by atoms with van der Waals surface area (Å²) in [6, 6.07) is 59.4. The van der Waals surface area contributed by atoms with Crippen molar-refractivity contribution < 1.29 is 78.4 Å². The van der Waals surface area contributed by atoms with Crippen LogP contribution in [-0.4, -0.2) is 112 Å². The quantitative estimate of drug-likeness (QED) is 0.0186. The molecule has 2 heterocycles. The number of amides is 6. The number of phenolic OH excluding ortho intramolecular Hbond substituents is 2. The van der Waals surface area contributed by atoms with Crippen molar-refractivity contribution in [2.45, 2.75) is 64.4 Å². The number of likely N-dealkylation sites (N-methyl/N-ethyl adjacent to an activating group) is 2. The van der Waals surface area contributed by atoms with Crippen LogP contribution in [0.15, 0.2) is 231 Å². The minimum atomic E-state index is -1.54. The number of carbonyl (C=O) groups is 6. The molecule has 528 valence electrons. The van der Waals surface area contributed by atoms with Crippen molar-refractivity contribution in [1.29, 1.82) is 0 Å². The molecule has 2 atom stereocenters. The number of imide groups is 2. The maximum Gasteiger partial charge on any atom is 0.262 e. The number of benzene rings is 13. The monoisotopic (exact) mass is 1410 g/mol. The molecule has 2 aliphatic heterocycles. The number of phenols is 2. The largest absolute Gasteiger partial charge is 0.508 e. The Morgan fingerprint density at radius 3 is 0.811 bits per heavy atom. The molecule has 6 N–H and O–H groups in total. The lowest BCUT2D eigenvalue weighted by molar-refractivity contribution is -0.135. The third-order valence-electron chi connectivity index (χ3n) is 19.5. The van der Waals surface area contributed by atoms with E-state index >= 15 is 28.8 Å². The lowest BCUT2D eigenvalue weighted by Crippen LogP contribution is -2.55. The van der Waals surface area contributed by atoms with Crippen molar-refractivity contribution in [2.24, 2.45) is 0 Å². The summed E-state index contributed by atoms with van der Waals surface area (Å²) in [5.74, 6) is -4.48. The highest BCUT2D eigenvalue weighted by Gasteiger charge is 2.47. The van der Waals surface area contributed by atoms with Gasteiger partial charge in [0.05, 0.1) is 48.7 Å². The van der Waals surface area contributed by atoms with E-state index in [-0.39, 0.29) is 175 Å². The molecule has 0 fully saturated rings. The van der Waals surface area contributed by atoms with Crippen LogP contribution in [0.4, 0.5) is 0 Å². The highest BCUT2D eigenvalue weighted by Crippen LogP contribution is 2.58. The second-order valence-corrected chi connectivity index (χ2v) is 26.4. The summed E-state index contributed by atoms with van der Waals surface area (Å²) >= 11 is 0. The molecule has 0 saturated heterocycles. The highest BCUT2D eigenvalue weighted by molar-refractivity contribution is 6.45. The van der Waals surface area contributed by atoms with E-state index in [1.807, 2.05) is 60.7 Å². The summed E-state index contributed by atoms with van der Waals surface area (Å²) in [7, 11) is 3.16. The Morgan fingerprint density at radius 1 is 0.321 bits per heavy atom. The molecule has 0 aromatic heterocycles. The molecular formula is C86H68N4O16. The molecular weight excluding hydrogens is 1340 g/mol. The van der Waals surface area contributed by atoms with Gasteiger partial charge in [0.15, 0.2) is 0 Å². The number of fused-ring (bicyclic) bond motifs is 2. The van der Waals surface area contributed by atoms with Gasteiger partial charge in [-0.15, -0.1) is 0 Å². The molecule has 0 bridgehead atoms. The summed E-state index contributed by atoms with van der Waals surface area (Å²) in [6.45, 7) is -1.12. The number of rotatable bonds is 24. The Labute approximate surface area is 606 Å². The van der Waals surface area contributed by atoms with Crippen LogP contribution in [0.2, 0.25) is 0 Å². The molecule has 20 heteroatoms. The first-order chi connectivity index (χ1) is 51.5. The van der Waals surface area contributed by atoms with Gasteiger partial charge in [0.1, 0.15) is 69.6 Å². The Balaban J connectivity index is 1.07. The standard InChI is InChI=1S/C86H68N4O16/c1-87(43-51-9-5-3-6-10-51)85(101)67(37-49-13-25-57(95)26-14-49)89-81(97)63-39-69(103-59-29-17-53(45-91)18-30-59)75-77-71(105-61-33-21-55(47-93)22-34-61)41-65-74-66(84(100)90(83(65)99)68(38-50-15-27-58(96)28-16-50)86(102)88(2)44-52-11-7-4-8-12-52)42-72(106-62-35-23-56(48-94)24-36-62)78(80(74)77)76-70(40-64(82(89)98)73(63)79(75)76)104-60-31-19-54(46-92)20-32-60/h3-36,39-42,67-68,91-96H,37-38,43-48H2,1-2H3. The van der Waals surface area contributed by atoms with Gasteiger partial charge in [-0.1, -0.05) is 133 Å². The maximum atomic E-state index is 16.6. The van der Waals surface area contributed by atoms with Gasteiger partial charge in [0, 0.05) is 83.1 Å². The first-order valence-electron chi connectivity index (χ1n) is 34.2. The third kappa shape index (κ3) is 12.9. The molecule has 13 aromatic rings. The minimum absolute atomic E-state index is 0.0553. The molecule has 20 nitrogen and oxygen atoms in total. The normalized spacial score (nSPS) is 13.2. The number of aliphatic hydroxyl groups is 4. The van der Waals surface area contributed by atoms with Crippen molar-refractivity contribution in [3.05, 3.63) is 297 Å². The highest BCUT2D eigenvalue weighted by atomic mass is 16.5. The number of hydrogen-bond acceptors (Lipinski definition) is 16. The number of aliphatic hydroxyl groups excluding tert-OH is 4. The molecule has 13 aromatic carbocycles. The van der Waals surface area contributed by atoms with Crippen molar-refractivity contribution >= 4 is 78.5 Å². The topological polar surface area (TPSA) is 274 Å². The minimum Gasteiger partial charge on any atom is -0.508 e. The molecule has 106 heavy (non-hydrogen) atoms. The fraction of sp³-hybridized carbons (Fsp3) is 0.140. The van der Waals surface area contributed by atoms with Gasteiger partial charge >= 0.3 is 0 Å². The lowest BCUT2D eigenvalue weighted by atomic mass is 9.80. The van der Waals surface area contributed by atoms with Crippen LogP contribution in [0.1, 0.15) is 85.9 Å². The molecule has 2 unspecified atom stereocenters. The first-order valence-corrected chi connectivity index (χ1v) is 34.2. The van der Waals surface area contributed by atoms with Crippen molar-refractivity contribution in [3.63, 3.8) is 0 Å². The van der Waals surface area contributed by atoms with Crippen LogP contribution in [0.25, 0.3) is 43.1 Å². The number of nitrogens with zero attached hydrogens (tertiary/aromatic N) is 4. The molecule has 0 saturated carbocycles. The smallest absolute Gasteiger partial charge is 0.262 e. The lowest BCUT2D eigenvalue weighted by Gasteiger charge is -2.37. The summed E-state index contributed by atoms with van der Waals surface area (Å²) in [5, 5.41) is 63.2. The number of hydrogen-bond donors (Lipinski definition) is 6. The SMILES string of the molecule is CN(Cc1ccccc1)C(=O)C(Cc1ccc(O)cc1)N1C(=O)c2cc(Oc3ccc(CO)cc3)c3c4c(Oc5ccc(CO)cc5)cc5c6c(cc(Oc7ccc(CO)cc7)c(c7c(Oc8ccc(CO)cc8)cc(c2c37)C1=O)c64)C(=O)N(C(Cc1ccc(O)cc1)C(=O)N(C)Cc1ccccc1)C5=O. The summed E-state index contributed by atoms with van der Waals surface area (Å²) in [5.41, 5.74) is 4.16. The zero-order chi connectivity index (χ0) is 73.6. The van der Waals surface area contributed by atoms with Crippen LogP contribution in [-0.2, 0) is 61.9 Å². The van der Waals surface area contributed by atoms with Gasteiger partial charge in [-0.2, -0.15) is 0 Å². The van der Waals surface area contributed by atoms with E-state index in [0.29, 0.717) is 33.4 Å². The van der Waals surface area contributed by atoms with E-state index < -0.39 is 47.5 Å². The van der Waals surface area contributed by atoms with E-state index in [1.54, 1.807) is 135 Å². The van der Waals surface area contributed by atoms with Crippen LogP contribution in [0, 0.1) is 0 Å². The van der Waals surface area contributed by atoms with Crippen molar-refractivity contribution in [1.82, 2.24) is 19.6 Å². The molecule has 0 radical (unpaired) electrons. The number of ether oxygens (including phenoxy) is 4. The van der Waals surface area contributed by atoms with Gasteiger partial charge in [-0.25, -0.2) is 0 Å². The second kappa shape index (κ2) is 28.7. The average Bonchev–Trinajstić information content (AvgIpc) is 0.670. The van der Waals surface area contributed by atoms with Crippen LogP contribution in [0.3, 0.4) is 0 Å². The van der Waals surface area contributed by atoms with E-state index in [4.69, 9.17) is 18.9 Å². The fourth-order valence-corrected chi connectivity index (χ4v) is 14.3. The Bertz CT molecular complexity index is 5010. The van der Waals surface area contributed by atoms with E-state index in [2.05, 4.69) is 0 Å². The zero-order valence-corrected chi connectivity index (χ0v) is 57.3. The Morgan fingerprint density at radius 2 is 0.566 bits per heavy atom. The zero-order valence-electron chi connectivity index (χ0n) is 57.3. The molecule has 0 spiro atoms. The van der Waals surface area contributed by atoms with Gasteiger partial charge in [0.25, 0.3) is 23.6 Å². The van der Waals surface area contributed by atoms with Crippen molar-refractivity contribution in [2.75, 3.05) is 14.1 Å². The maximum absolute atomic E-state index is 16.6. The molecule has 15 rings (SSSR count). The van der Waals surface area contributed by atoms with Crippen LogP contribution < -0.4 is 18.9 Å². The van der Waals surface area contributed by atoms with E-state index in [1.165, 1.54) is 58.3 Å². The predicted molar refractivity (Wildman–Crippen MR) is 395 cm³/mol. The number of carbonyl (C=O) groups excluding carboxylic acids is 6. The van der Waals surface area contributed by atoms with E-state index in [9.17, 15) is 30.6 Å². The van der Waals surface area contributed by atoms with E-state index in [0.717, 1.165) is 20.9 Å². The Hall–Kier alpha value is -13.0. The summed E-state index contributed by atoms with van der Waals surface area (Å²) < 4.78 is 28.6. The van der Waals surface area contributed by atoms with Gasteiger partial charge < -0.3 is 59.4 Å². The molecule has 6 amide bonds. The fourth-order valence-electron chi connectivity index (χ4n) is 14.3. The number of aromatic hydroxyl groups is 2. The first kappa shape index (κ1) is 68.8. The molecule has 2 aliphatic rings. The second-order valence-electron chi connectivity index (χ2n) is 26.4. The Kier molecular flexibility index (Phi) is 18.6. The summed E-state index contributed by atoms with van der Waals surface area (Å²) in [4.78, 5) is 102. The van der Waals surface area contributed by atoms with Crippen LogP contribution >= 0.6 is 0 Å². The summed E-state index contributed by atoms with van der Waals surface area (Å²) in [6.07, 6.45) is -0.424. The third-order valence-corrected chi connectivity index (χ3v) is 19.5. The predicted octanol–water partition coefficient (Wildman–Crippen LogP) is 14.0. The molecule has 0 aliphatic carbocycles. The van der Waals surface area contributed by atoms with Crippen molar-refractivity contribution in [3.8, 4) is 57.5 Å². The van der Waals surface area contributed by atoms with Gasteiger partial charge in [0.2, 0.25) is 11.8 Å². The van der Waals surface area contributed by atoms with Crippen LogP contribution in [0.5, 0.6) is 57.5 Å². The van der Waals surface area contributed by atoms with Gasteiger partial charge in [-0.3, -0.25) is 38.6 Å².